The molecular formula is C21H28N4O. The molecular weight excluding hydrogens is 324 g/mol. The van der Waals surface area contributed by atoms with E-state index in [4.69, 9.17) is 0 Å². The van der Waals surface area contributed by atoms with Crippen LogP contribution in [0.3, 0.4) is 0 Å². The molecule has 3 heterocycles. The molecule has 2 aromatic rings. The van der Waals surface area contributed by atoms with Gasteiger partial charge in [0.1, 0.15) is 0 Å². The van der Waals surface area contributed by atoms with E-state index >= 15 is 0 Å². The fourth-order valence-corrected chi connectivity index (χ4v) is 4.26. The van der Waals surface area contributed by atoms with Gasteiger partial charge in [-0.05, 0) is 49.9 Å². The Kier molecular flexibility index (Phi) is 5.34. The van der Waals surface area contributed by atoms with Gasteiger partial charge in [0.25, 0.3) is 0 Å². The van der Waals surface area contributed by atoms with Crippen LogP contribution in [-0.4, -0.2) is 50.9 Å². The predicted octanol–water partition coefficient (Wildman–Crippen LogP) is 3.24. The predicted molar refractivity (Wildman–Crippen MR) is 102 cm³/mol. The Balaban J connectivity index is 1.36. The van der Waals surface area contributed by atoms with Crippen molar-refractivity contribution in [1.82, 2.24) is 19.4 Å². The van der Waals surface area contributed by atoms with Gasteiger partial charge in [0.15, 0.2) is 0 Å². The normalized spacial score (nSPS) is 21.5. The summed E-state index contributed by atoms with van der Waals surface area (Å²) in [5.41, 5.74) is 2.51. The molecule has 1 atom stereocenters. The molecule has 138 valence electrons. The quantitative estimate of drug-likeness (QED) is 0.801. The summed E-state index contributed by atoms with van der Waals surface area (Å²) in [6.45, 7) is 4.06. The Morgan fingerprint density at radius 1 is 1.08 bits per heavy atom. The lowest BCUT2D eigenvalue weighted by Crippen LogP contribution is -2.41. The highest BCUT2D eigenvalue weighted by Crippen LogP contribution is 2.23. The van der Waals surface area contributed by atoms with Gasteiger partial charge in [-0.25, -0.2) is 4.98 Å². The van der Waals surface area contributed by atoms with Crippen LogP contribution in [0.5, 0.6) is 0 Å². The van der Waals surface area contributed by atoms with Crippen molar-refractivity contribution < 1.29 is 4.79 Å². The van der Waals surface area contributed by atoms with Crippen molar-refractivity contribution in [2.24, 2.45) is 0 Å². The second kappa shape index (κ2) is 8.04. The van der Waals surface area contributed by atoms with E-state index in [1.165, 1.54) is 31.4 Å². The molecule has 1 aromatic carbocycles. The average Bonchev–Trinajstić information content (AvgIpc) is 3.34. The van der Waals surface area contributed by atoms with Gasteiger partial charge in [0, 0.05) is 50.2 Å². The Hall–Kier alpha value is -2.14. The molecule has 5 heteroatoms. The number of nitrogens with zero attached hydrogens (tertiary/aromatic N) is 4. The highest BCUT2D eigenvalue weighted by atomic mass is 16.2. The maximum absolute atomic E-state index is 11.9. The number of benzene rings is 1. The molecule has 0 radical (unpaired) electrons. The van der Waals surface area contributed by atoms with Crippen LogP contribution in [0.2, 0.25) is 0 Å². The van der Waals surface area contributed by atoms with Crippen LogP contribution >= 0.6 is 0 Å². The molecule has 2 saturated heterocycles. The molecule has 2 aliphatic rings. The van der Waals surface area contributed by atoms with Crippen LogP contribution in [0.15, 0.2) is 43.0 Å². The van der Waals surface area contributed by atoms with Crippen molar-refractivity contribution in [3.8, 4) is 5.69 Å². The second-order valence-corrected chi connectivity index (χ2v) is 7.53. The van der Waals surface area contributed by atoms with Gasteiger partial charge in [-0.15, -0.1) is 0 Å². The number of imidazole rings is 1. The van der Waals surface area contributed by atoms with Gasteiger partial charge in [-0.1, -0.05) is 18.6 Å². The minimum Gasteiger partial charge on any atom is -0.343 e. The summed E-state index contributed by atoms with van der Waals surface area (Å²) in [4.78, 5) is 20.6. The SMILES string of the molecule is O=C1CCCN1CC[C@H]1CCCCN1Cc1ccc(-n2ccnc2)cc1. The fraction of sp³-hybridized carbons (Fsp3) is 0.524. The first-order valence-corrected chi connectivity index (χ1v) is 9.89. The van der Waals surface area contributed by atoms with Gasteiger partial charge in [0.2, 0.25) is 5.91 Å². The molecule has 1 aromatic heterocycles. The Morgan fingerprint density at radius 2 is 1.96 bits per heavy atom. The van der Waals surface area contributed by atoms with Crippen molar-refractivity contribution in [3.05, 3.63) is 48.5 Å². The lowest BCUT2D eigenvalue weighted by molar-refractivity contribution is -0.127. The van der Waals surface area contributed by atoms with Crippen molar-refractivity contribution >= 4 is 5.91 Å². The molecule has 0 saturated carbocycles. The molecule has 0 bridgehead atoms. The standard InChI is InChI=1S/C21H28N4O/c26-21-5-3-13-23(21)14-10-19-4-1-2-12-24(19)16-18-6-8-20(9-7-18)25-15-11-22-17-25/h6-9,11,15,17,19H,1-5,10,12-14,16H2/t19-/m1/s1. The zero-order valence-corrected chi connectivity index (χ0v) is 15.4. The average molecular weight is 352 g/mol. The van der Waals surface area contributed by atoms with E-state index in [-0.39, 0.29) is 0 Å². The number of piperidine rings is 1. The Morgan fingerprint density at radius 3 is 2.69 bits per heavy atom. The van der Waals surface area contributed by atoms with Crippen molar-refractivity contribution in [3.63, 3.8) is 0 Å². The van der Waals surface area contributed by atoms with Gasteiger partial charge < -0.3 is 9.47 Å². The smallest absolute Gasteiger partial charge is 0.222 e. The third kappa shape index (κ3) is 3.98. The van der Waals surface area contributed by atoms with Crippen molar-refractivity contribution in [1.29, 1.82) is 0 Å². The summed E-state index contributed by atoms with van der Waals surface area (Å²) in [6, 6.07) is 9.39. The van der Waals surface area contributed by atoms with Crippen LogP contribution in [0.4, 0.5) is 0 Å². The zero-order chi connectivity index (χ0) is 17.8. The molecule has 2 fully saturated rings. The molecule has 5 nitrogen and oxygen atoms in total. The molecule has 4 rings (SSSR count). The monoisotopic (exact) mass is 352 g/mol. The first-order chi connectivity index (χ1) is 12.8. The van der Waals surface area contributed by atoms with Gasteiger partial charge in [0.05, 0.1) is 6.33 Å². The van der Waals surface area contributed by atoms with Crippen LogP contribution in [-0.2, 0) is 11.3 Å². The third-order valence-corrected chi connectivity index (χ3v) is 5.78. The molecule has 0 unspecified atom stereocenters. The summed E-state index contributed by atoms with van der Waals surface area (Å²) in [7, 11) is 0. The molecule has 26 heavy (non-hydrogen) atoms. The van der Waals surface area contributed by atoms with Crippen molar-refractivity contribution in [2.75, 3.05) is 19.6 Å². The minimum absolute atomic E-state index is 0.349. The summed E-state index contributed by atoms with van der Waals surface area (Å²) in [5.74, 6) is 0.349. The highest BCUT2D eigenvalue weighted by Gasteiger charge is 2.25. The number of carbonyl (C=O) groups excluding carboxylic acids is 1. The largest absolute Gasteiger partial charge is 0.343 e. The number of carbonyl (C=O) groups is 1. The number of hydrogen-bond acceptors (Lipinski definition) is 3. The topological polar surface area (TPSA) is 41.4 Å². The number of likely N-dealkylation sites (tertiary alicyclic amines) is 2. The van der Waals surface area contributed by atoms with Crippen LogP contribution in [0.25, 0.3) is 5.69 Å². The first-order valence-electron chi connectivity index (χ1n) is 9.89. The Bertz CT molecular complexity index is 710. The first kappa shape index (κ1) is 17.3. The maximum atomic E-state index is 11.9. The molecule has 0 spiro atoms. The van der Waals surface area contributed by atoms with Crippen molar-refractivity contribution in [2.45, 2.75) is 51.1 Å². The fourth-order valence-electron chi connectivity index (χ4n) is 4.26. The number of hydrogen-bond donors (Lipinski definition) is 0. The Labute approximate surface area is 155 Å². The summed E-state index contributed by atoms with van der Waals surface area (Å²) < 4.78 is 2.03. The second-order valence-electron chi connectivity index (χ2n) is 7.53. The number of aromatic nitrogens is 2. The van der Waals surface area contributed by atoms with Gasteiger partial charge in [-0.3, -0.25) is 9.69 Å². The zero-order valence-electron chi connectivity index (χ0n) is 15.4. The summed E-state index contributed by atoms with van der Waals surface area (Å²) in [5, 5.41) is 0. The molecule has 1 amide bonds. The number of amides is 1. The lowest BCUT2D eigenvalue weighted by Gasteiger charge is -2.36. The van der Waals surface area contributed by atoms with Crippen LogP contribution in [0, 0.1) is 0 Å². The highest BCUT2D eigenvalue weighted by molar-refractivity contribution is 5.78. The van der Waals surface area contributed by atoms with Gasteiger partial charge in [-0.2, -0.15) is 0 Å². The maximum Gasteiger partial charge on any atom is 0.222 e. The molecule has 2 aliphatic heterocycles. The van der Waals surface area contributed by atoms with E-state index in [0.29, 0.717) is 11.9 Å². The minimum atomic E-state index is 0.349. The van der Waals surface area contributed by atoms with E-state index in [1.54, 1.807) is 6.20 Å². The lowest BCUT2D eigenvalue weighted by atomic mass is 9.98. The third-order valence-electron chi connectivity index (χ3n) is 5.78. The summed E-state index contributed by atoms with van der Waals surface area (Å²) in [6.07, 6.45) is 12.4. The summed E-state index contributed by atoms with van der Waals surface area (Å²) >= 11 is 0. The number of rotatable bonds is 6. The van der Waals surface area contributed by atoms with Crippen LogP contribution < -0.4 is 0 Å². The van der Waals surface area contributed by atoms with Crippen LogP contribution in [0.1, 0.15) is 44.1 Å². The van der Waals surface area contributed by atoms with Gasteiger partial charge >= 0.3 is 0 Å². The molecule has 0 N–H and O–H groups in total. The van der Waals surface area contributed by atoms with E-state index in [0.717, 1.165) is 44.6 Å². The van der Waals surface area contributed by atoms with E-state index in [9.17, 15) is 4.79 Å². The molecule has 0 aliphatic carbocycles. The van der Waals surface area contributed by atoms with E-state index in [2.05, 4.69) is 39.0 Å². The van der Waals surface area contributed by atoms with E-state index in [1.807, 2.05) is 17.1 Å². The van der Waals surface area contributed by atoms with E-state index < -0.39 is 0 Å².